The molecule has 0 aliphatic heterocycles. The summed E-state index contributed by atoms with van der Waals surface area (Å²) in [5.41, 5.74) is 2.83. The SMILES string of the molecule is O=C(NC(=O)c1ccccc1)Nc1ccccc1Sc1nc2ccccc2[nH]1. The van der Waals surface area contributed by atoms with Crippen molar-refractivity contribution in [2.24, 2.45) is 0 Å². The standard InChI is InChI=1S/C21H16N4O2S/c26-19(14-8-2-1-3-9-14)25-20(27)22-17-12-6-7-13-18(17)28-21-23-15-10-4-5-11-16(15)24-21/h1-13H,(H,23,24)(H2,22,25,26,27). The van der Waals surface area contributed by atoms with Crippen molar-refractivity contribution in [3.05, 3.63) is 84.4 Å². The van der Waals surface area contributed by atoms with Crippen LogP contribution in [0.3, 0.4) is 0 Å². The molecule has 6 nitrogen and oxygen atoms in total. The van der Waals surface area contributed by atoms with E-state index < -0.39 is 11.9 Å². The van der Waals surface area contributed by atoms with E-state index in [-0.39, 0.29) is 0 Å². The van der Waals surface area contributed by atoms with E-state index in [1.807, 2.05) is 48.5 Å². The number of imidazole rings is 1. The molecule has 138 valence electrons. The molecule has 7 heteroatoms. The van der Waals surface area contributed by atoms with Crippen LogP contribution >= 0.6 is 11.8 Å². The van der Waals surface area contributed by atoms with Gasteiger partial charge in [-0.2, -0.15) is 0 Å². The van der Waals surface area contributed by atoms with Crippen molar-refractivity contribution in [2.75, 3.05) is 5.32 Å². The van der Waals surface area contributed by atoms with Crippen LogP contribution in [-0.2, 0) is 0 Å². The molecule has 4 aromatic rings. The maximum atomic E-state index is 12.3. The third-order valence-corrected chi connectivity index (χ3v) is 4.94. The average Bonchev–Trinajstić information content (AvgIpc) is 3.12. The molecule has 3 N–H and O–H groups in total. The molecule has 3 amide bonds. The molecule has 0 unspecified atom stereocenters. The van der Waals surface area contributed by atoms with Crippen LogP contribution in [0, 0.1) is 0 Å². The number of hydrogen-bond donors (Lipinski definition) is 3. The van der Waals surface area contributed by atoms with E-state index in [0.717, 1.165) is 21.1 Å². The highest BCUT2D eigenvalue weighted by atomic mass is 32.2. The number of aromatic amines is 1. The summed E-state index contributed by atoms with van der Waals surface area (Å²) in [5.74, 6) is -0.458. The second-order valence-corrected chi connectivity index (χ2v) is 6.96. The lowest BCUT2D eigenvalue weighted by atomic mass is 10.2. The Morgan fingerprint density at radius 1 is 0.857 bits per heavy atom. The van der Waals surface area contributed by atoms with Gasteiger partial charge in [0.25, 0.3) is 5.91 Å². The minimum atomic E-state index is -0.591. The van der Waals surface area contributed by atoms with Gasteiger partial charge in [0.1, 0.15) is 0 Å². The maximum Gasteiger partial charge on any atom is 0.326 e. The number of anilines is 1. The topological polar surface area (TPSA) is 86.9 Å². The van der Waals surface area contributed by atoms with Gasteiger partial charge < -0.3 is 10.3 Å². The first kappa shape index (κ1) is 17.8. The van der Waals surface area contributed by atoms with Crippen molar-refractivity contribution >= 4 is 40.4 Å². The first-order chi connectivity index (χ1) is 13.7. The van der Waals surface area contributed by atoms with Crippen molar-refractivity contribution in [3.63, 3.8) is 0 Å². The predicted octanol–water partition coefficient (Wildman–Crippen LogP) is 4.68. The number of carbonyl (C=O) groups is 2. The van der Waals surface area contributed by atoms with Crippen LogP contribution < -0.4 is 10.6 Å². The lowest BCUT2D eigenvalue weighted by Crippen LogP contribution is -2.34. The van der Waals surface area contributed by atoms with Gasteiger partial charge in [-0.1, -0.05) is 42.5 Å². The monoisotopic (exact) mass is 388 g/mol. The van der Waals surface area contributed by atoms with Crippen LogP contribution in [0.5, 0.6) is 0 Å². The fraction of sp³-hybridized carbons (Fsp3) is 0. The first-order valence-corrected chi connectivity index (χ1v) is 9.40. The lowest BCUT2D eigenvalue weighted by Gasteiger charge is -2.10. The van der Waals surface area contributed by atoms with E-state index in [0.29, 0.717) is 11.3 Å². The number of rotatable bonds is 4. The van der Waals surface area contributed by atoms with E-state index in [1.54, 1.807) is 30.3 Å². The summed E-state index contributed by atoms with van der Waals surface area (Å²) in [4.78, 5) is 33.0. The van der Waals surface area contributed by atoms with E-state index >= 15 is 0 Å². The largest absolute Gasteiger partial charge is 0.333 e. The molecule has 0 radical (unpaired) electrons. The molecule has 0 bridgehead atoms. The highest BCUT2D eigenvalue weighted by molar-refractivity contribution is 7.99. The number of hydrogen-bond acceptors (Lipinski definition) is 4. The second kappa shape index (κ2) is 7.98. The number of benzene rings is 3. The molecule has 1 heterocycles. The van der Waals surface area contributed by atoms with Crippen molar-refractivity contribution in [2.45, 2.75) is 10.1 Å². The number of para-hydroxylation sites is 3. The number of aromatic nitrogens is 2. The number of urea groups is 1. The molecule has 28 heavy (non-hydrogen) atoms. The molecule has 3 aromatic carbocycles. The fourth-order valence-corrected chi connectivity index (χ4v) is 3.55. The summed E-state index contributed by atoms with van der Waals surface area (Å²) >= 11 is 1.40. The number of nitrogens with zero attached hydrogens (tertiary/aromatic N) is 1. The number of carbonyl (C=O) groups excluding carboxylic acids is 2. The number of amides is 3. The molecular formula is C21H16N4O2S. The van der Waals surface area contributed by atoms with Crippen LogP contribution in [0.15, 0.2) is 88.9 Å². The van der Waals surface area contributed by atoms with Gasteiger partial charge in [0, 0.05) is 10.5 Å². The molecule has 0 spiro atoms. The van der Waals surface area contributed by atoms with E-state index in [2.05, 4.69) is 20.6 Å². The number of H-pyrrole nitrogens is 1. The summed E-state index contributed by atoms with van der Waals surface area (Å²) < 4.78 is 0. The lowest BCUT2D eigenvalue weighted by molar-refractivity contribution is 0.0967. The second-order valence-electron chi connectivity index (χ2n) is 5.93. The normalized spacial score (nSPS) is 10.6. The van der Waals surface area contributed by atoms with Crippen molar-refractivity contribution in [1.82, 2.24) is 15.3 Å². The minimum Gasteiger partial charge on any atom is -0.333 e. The number of fused-ring (bicyclic) bond motifs is 1. The van der Waals surface area contributed by atoms with Crippen LogP contribution in [-0.4, -0.2) is 21.9 Å². The van der Waals surface area contributed by atoms with Gasteiger partial charge in [-0.25, -0.2) is 9.78 Å². The Morgan fingerprint density at radius 3 is 2.39 bits per heavy atom. The number of imide groups is 1. The molecule has 0 saturated carbocycles. The molecule has 0 atom stereocenters. The van der Waals surface area contributed by atoms with Gasteiger partial charge in [-0.3, -0.25) is 10.1 Å². The van der Waals surface area contributed by atoms with Crippen LogP contribution in [0.1, 0.15) is 10.4 Å². The molecule has 0 aliphatic rings. The highest BCUT2D eigenvalue weighted by Crippen LogP contribution is 2.32. The summed E-state index contributed by atoms with van der Waals surface area (Å²) in [6.07, 6.45) is 0. The van der Waals surface area contributed by atoms with Gasteiger partial charge in [-0.15, -0.1) is 0 Å². The zero-order valence-corrected chi connectivity index (χ0v) is 15.5. The molecule has 4 rings (SSSR count). The van der Waals surface area contributed by atoms with E-state index in [9.17, 15) is 9.59 Å². The highest BCUT2D eigenvalue weighted by Gasteiger charge is 2.13. The maximum absolute atomic E-state index is 12.3. The summed E-state index contributed by atoms with van der Waals surface area (Å²) in [7, 11) is 0. The Hall–Kier alpha value is -3.58. The van der Waals surface area contributed by atoms with Crippen molar-refractivity contribution in [3.8, 4) is 0 Å². The molecule has 0 saturated heterocycles. The van der Waals surface area contributed by atoms with Crippen LogP contribution in [0.25, 0.3) is 11.0 Å². The van der Waals surface area contributed by atoms with E-state index in [4.69, 9.17) is 0 Å². The van der Waals surface area contributed by atoms with Gasteiger partial charge in [0.15, 0.2) is 5.16 Å². The predicted molar refractivity (Wildman–Crippen MR) is 110 cm³/mol. The molecular weight excluding hydrogens is 372 g/mol. The zero-order valence-electron chi connectivity index (χ0n) is 14.7. The van der Waals surface area contributed by atoms with Crippen LogP contribution in [0.2, 0.25) is 0 Å². The Balaban J connectivity index is 1.48. The van der Waals surface area contributed by atoms with Gasteiger partial charge in [0.05, 0.1) is 16.7 Å². The third kappa shape index (κ3) is 4.05. The molecule has 1 aromatic heterocycles. The van der Waals surface area contributed by atoms with Gasteiger partial charge in [-0.05, 0) is 48.2 Å². The van der Waals surface area contributed by atoms with Crippen molar-refractivity contribution < 1.29 is 9.59 Å². The average molecular weight is 388 g/mol. The summed E-state index contributed by atoms with van der Waals surface area (Å²) in [6, 6.07) is 23.1. The first-order valence-electron chi connectivity index (χ1n) is 8.58. The fourth-order valence-electron chi connectivity index (χ4n) is 2.66. The van der Waals surface area contributed by atoms with Gasteiger partial charge >= 0.3 is 6.03 Å². The van der Waals surface area contributed by atoms with E-state index in [1.165, 1.54) is 11.8 Å². The summed E-state index contributed by atoms with van der Waals surface area (Å²) in [6.45, 7) is 0. The number of nitrogens with one attached hydrogen (secondary N) is 3. The Labute approximate surface area is 165 Å². The Bertz CT molecular complexity index is 1110. The third-order valence-electron chi connectivity index (χ3n) is 3.97. The van der Waals surface area contributed by atoms with Gasteiger partial charge in [0.2, 0.25) is 0 Å². The molecule has 0 aliphatic carbocycles. The molecule has 0 fully saturated rings. The summed E-state index contributed by atoms with van der Waals surface area (Å²) in [5, 5.41) is 5.79. The quantitative estimate of drug-likeness (QED) is 0.474. The Morgan fingerprint density at radius 2 is 1.57 bits per heavy atom. The zero-order chi connectivity index (χ0) is 19.3. The van der Waals surface area contributed by atoms with Crippen LogP contribution in [0.4, 0.5) is 10.5 Å². The Kier molecular flexibility index (Phi) is 5.07. The minimum absolute atomic E-state index is 0.419. The van der Waals surface area contributed by atoms with Crippen molar-refractivity contribution in [1.29, 1.82) is 0 Å². The smallest absolute Gasteiger partial charge is 0.326 e.